The van der Waals surface area contributed by atoms with E-state index in [-0.39, 0.29) is 5.82 Å². The van der Waals surface area contributed by atoms with Gasteiger partial charge < -0.3 is 11.1 Å². The van der Waals surface area contributed by atoms with Crippen molar-refractivity contribution in [2.45, 2.75) is 25.7 Å². The van der Waals surface area contributed by atoms with Gasteiger partial charge in [-0.3, -0.25) is 0 Å². The molecule has 2 rings (SSSR count). The molecule has 1 aromatic rings. The zero-order valence-electron chi connectivity index (χ0n) is 9.10. The van der Waals surface area contributed by atoms with Crippen molar-refractivity contribution in [2.75, 3.05) is 17.6 Å². The number of halogens is 2. The first-order valence-electron chi connectivity index (χ1n) is 5.65. The zero-order chi connectivity index (χ0) is 11.5. The molecule has 4 heteroatoms. The van der Waals surface area contributed by atoms with Crippen LogP contribution < -0.4 is 11.1 Å². The number of anilines is 2. The highest BCUT2D eigenvalue weighted by atomic mass is 79.9. The lowest BCUT2D eigenvalue weighted by molar-refractivity contribution is 0.303. The number of hydrogen-bond acceptors (Lipinski definition) is 2. The van der Waals surface area contributed by atoms with Gasteiger partial charge in [-0.1, -0.05) is 19.3 Å². The summed E-state index contributed by atoms with van der Waals surface area (Å²) in [7, 11) is 0. The Morgan fingerprint density at radius 1 is 1.44 bits per heavy atom. The average Bonchev–Trinajstić information content (AvgIpc) is 2.17. The summed E-state index contributed by atoms with van der Waals surface area (Å²) in [6.07, 6.45) is 5.19. The molecule has 1 saturated carbocycles. The smallest absolute Gasteiger partial charge is 0.139 e. The molecule has 1 aliphatic carbocycles. The van der Waals surface area contributed by atoms with Gasteiger partial charge in [0.05, 0.1) is 15.8 Å². The van der Waals surface area contributed by atoms with Gasteiger partial charge in [0, 0.05) is 12.6 Å². The van der Waals surface area contributed by atoms with E-state index in [0.29, 0.717) is 15.8 Å². The topological polar surface area (TPSA) is 38.0 Å². The molecule has 88 valence electrons. The molecule has 0 bridgehead atoms. The van der Waals surface area contributed by atoms with Crippen molar-refractivity contribution >= 4 is 27.3 Å². The second-order valence-electron chi connectivity index (χ2n) is 4.37. The summed E-state index contributed by atoms with van der Waals surface area (Å²) in [5, 5.41) is 3.19. The minimum absolute atomic E-state index is 0.277. The summed E-state index contributed by atoms with van der Waals surface area (Å²) < 4.78 is 13.7. The van der Waals surface area contributed by atoms with Crippen molar-refractivity contribution in [3.8, 4) is 0 Å². The maximum Gasteiger partial charge on any atom is 0.139 e. The normalized spacial score (nSPS) is 15.9. The van der Waals surface area contributed by atoms with Gasteiger partial charge in [-0.25, -0.2) is 4.39 Å². The molecule has 0 spiro atoms. The minimum atomic E-state index is -0.277. The van der Waals surface area contributed by atoms with E-state index in [2.05, 4.69) is 21.2 Å². The number of nitrogens with one attached hydrogen (secondary N) is 1. The van der Waals surface area contributed by atoms with Crippen molar-refractivity contribution in [1.29, 1.82) is 0 Å². The SMILES string of the molecule is Nc1cc(Br)c(F)cc1NCCC1CCC1. The van der Waals surface area contributed by atoms with E-state index in [1.807, 2.05) is 0 Å². The van der Waals surface area contributed by atoms with Gasteiger partial charge in [-0.05, 0) is 34.3 Å². The molecular formula is C12H16BrFN2. The summed E-state index contributed by atoms with van der Waals surface area (Å²) in [5.74, 6) is 0.578. The van der Waals surface area contributed by atoms with E-state index in [1.54, 1.807) is 6.07 Å². The molecule has 0 unspecified atom stereocenters. The maximum atomic E-state index is 13.3. The molecule has 0 saturated heterocycles. The number of hydrogen-bond donors (Lipinski definition) is 2. The third kappa shape index (κ3) is 2.67. The van der Waals surface area contributed by atoms with Gasteiger partial charge in [-0.2, -0.15) is 0 Å². The second kappa shape index (κ2) is 5.04. The standard InChI is InChI=1S/C12H16BrFN2/c13-9-6-11(15)12(7-10(9)14)16-5-4-8-2-1-3-8/h6-8,16H,1-5,15H2. The number of benzene rings is 1. The van der Waals surface area contributed by atoms with E-state index in [0.717, 1.165) is 18.9 Å². The van der Waals surface area contributed by atoms with Crippen LogP contribution in [0.5, 0.6) is 0 Å². The predicted octanol–water partition coefficient (Wildman–Crippen LogP) is 3.77. The average molecular weight is 287 g/mol. The van der Waals surface area contributed by atoms with Crippen molar-refractivity contribution in [3.05, 3.63) is 22.4 Å². The number of rotatable bonds is 4. The highest BCUT2D eigenvalue weighted by Gasteiger charge is 2.16. The molecule has 16 heavy (non-hydrogen) atoms. The summed E-state index contributed by atoms with van der Waals surface area (Å²) in [4.78, 5) is 0. The van der Waals surface area contributed by atoms with Crippen molar-refractivity contribution in [2.24, 2.45) is 5.92 Å². The van der Waals surface area contributed by atoms with Gasteiger partial charge >= 0.3 is 0 Å². The molecule has 2 nitrogen and oxygen atoms in total. The lowest BCUT2D eigenvalue weighted by atomic mass is 9.83. The molecule has 1 aliphatic rings. The van der Waals surface area contributed by atoms with Crippen LogP contribution in [0.15, 0.2) is 16.6 Å². The van der Waals surface area contributed by atoms with Crippen LogP contribution in [-0.2, 0) is 0 Å². The van der Waals surface area contributed by atoms with E-state index in [4.69, 9.17) is 5.73 Å². The van der Waals surface area contributed by atoms with E-state index >= 15 is 0 Å². The van der Waals surface area contributed by atoms with Gasteiger partial charge in [-0.15, -0.1) is 0 Å². The highest BCUT2D eigenvalue weighted by molar-refractivity contribution is 9.10. The van der Waals surface area contributed by atoms with Crippen LogP contribution in [0.2, 0.25) is 0 Å². The Morgan fingerprint density at radius 3 is 2.81 bits per heavy atom. The van der Waals surface area contributed by atoms with Crippen LogP contribution in [-0.4, -0.2) is 6.54 Å². The molecule has 0 amide bonds. The van der Waals surface area contributed by atoms with Crippen LogP contribution in [0.1, 0.15) is 25.7 Å². The molecule has 0 heterocycles. The first-order chi connectivity index (χ1) is 7.66. The molecule has 0 aromatic heterocycles. The maximum absolute atomic E-state index is 13.3. The van der Waals surface area contributed by atoms with E-state index < -0.39 is 0 Å². The quantitative estimate of drug-likeness (QED) is 0.827. The predicted molar refractivity (Wildman–Crippen MR) is 69.0 cm³/mol. The fraction of sp³-hybridized carbons (Fsp3) is 0.500. The summed E-state index contributed by atoms with van der Waals surface area (Å²) >= 11 is 3.11. The van der Waals surface area contributed by atoms with Crippen molar-refractivity contribution in [3.63, 3.8) is 0 Å². The molecule has 0 atom stereocenters. The Balaban J connectivity index is 1.90. The Kier molecular flexibility index (Phi) is 3.69. The molecule has 3 N–H and O–H groups in total. The van der Waals surface area contributed by atoms with Gasteiger partial charge in [0.15, 0.2) is 0 Å². The zero-order valence-corrected chi connectivity index (χ0v) is 10.7. The van der Waals surface area contributed by atoms with Crippen LogP contribution >= 0.6 is 15.9 Å². The third-order valence-electron chi connectivity index (χ3n) is 3.19. The second-order valence-corrected chi connectivity index (χ2v) is 5.22. The van der Waals surface area contributed by atoms with Crippen LogP contribution in [0.4, 0.5) is 15.8 Å². The van der Waals surface area contributed by atoms with Gasteiger partial charge in [0.25, 0.3) is 0 Å². The lowest BCUT2D eigenvalue weighted by Crippen LogP contribution is -2.16. The van der Waals surface area contributed by atoms with Crippen LogP contribution in [0, 0.1) is 11.7 Å². The first kappa shape index (κ1) is 11.7. The fourth-order valence-electron chi connectivity index (χ4n) is 1.91. The lowest BCUT2D eigenvalue weighted by Gasteiger charge is -2.25. The largest absolute Gasteiger partial charge is 0.397 e. The third-order valence-corrected chi connectivity index (χ3v) is 3.79. The highest BCUT2D eigenvalue weighted by Crippen LogP contribution is 2.30. The Labute approximate surface area is 104 Å². The number of nitrogens with two attached hydrogens (primary N) is 1. The molecule has 0 aliphatic heterocycles. The Hall–Kier alpha value is -0.770. The first-order valence-corrected chi connectivity index (χ1v) is 6.44. The van der Waals surface area contributed by atoms with Crippen molar-refractivity contribution < 1.29 is 4.39 Å². The van der Waals surface area contributed by atoms with Gasteiger partial charge in [0.1, 0.15) is 5.82 Å². The van der Waals surface area contributed by atoms with Crippen LogP contribution in [0.3, 0.4) is 0 Å². The Bertz CT molecular complexity index is 378. The monoisotopic (exact) mass is 286 g/mol. The van der Waals surface area contributed by atoms with Gasteiger partial charge in [0.2, 0.25) is 0 Å². The summed E-state index contributed by atoms with van der Waals surface area (Å²) in [5.41, 5.74) is 7.07. The van der Waals surface area contributed by atoms with E-state index in [9.17, 15) is 4.39 Å². The molecule has 1 fully saturated rings. The molecule has 0 radical (unpaired) electrons. The molecule has 1 aromatic carbocycles. The summed E-state index contributed by atoms with van der Waals surface area (Å²) in [6, 6.07) is 3.04. The minimum Gasteiger partial charge on any atom is -0.397 e. The fourth-order valence-corrected chi connectivity index (χ4v) is 2.27. The summed E-state index contributed by atoms with van der Waals surface area (Å²) in [6.45, 7) is 0.871. The van der Waals surface area contributed by atoms with Crippen molar-refractivity contribution in [1.82, 2.24) is 0 Å². The Morgan fingerprint density at radius 2 is 2.19 bits per heavy atom. The van der Waals surface area contributed by atoms with E-state index in [1.165, 1.54) is 25.3 Å². The van der Waals surface area contributed by atoms with Crippen LogP contribution in [0.25, 0.3) is 0 Å². The number of nitrogen functional groups attached to an aromatic ring is 1. The molecular weight excluding hydrogens is 271 g/mol.